The van der Waals surface area contributed by atoms with Crippen molar-refractivity contribution in [2.75, 3.05) is 0 Å². The Morgan fingerprint density at radius 1 is 1.14 bits per heavy atom. The zero-order valence-electron chi connectivity index (χ0n) is 12.9. The Morgan fingerprint density at radius 3 is 2.62 bits per heavy atom. The van der Waals surface area contributed by atoms with Crippen LogP contribution in [-0.2, 0) is 12.8 Å². The lowest BCUT2D eigenvalue weighted by Crippen LogP contribution is -2.28. The van der Waals surface area contributed by atoms with E-state index in [1.165, 1.54) is 16.7 Å². The quantitative estimate of drug-likeness (QED) is 0.605. The summed E-state index contributed by atoms with van der Waals surface area (Å²) in [6, 6.07) is 13.0. The van der Waals surface area contributed by atoms with Crippen molar-refractivity contribution in [3.05, 3.63) is 65.5 Å². The largest absolute Gasteiger partial charge is 0.271 e. The number of nitrogens with zero attached hydrogens (tertiary/aromatic N) is 1. The molecule has 3 nitrogen and oxygen atoms in total. The fourth-order valence-corrected chi connectivity index (χ4v) is 2.61. The predicted octanol–water partition coefficient (Wildman–Crippen LogP) is 3.42. The van der Waals surface area contributed by atoms with Crippen molar-refractivity contribution in [3.8, 4) is 0 Å². The maximum atomic E-state index is 5.75. The highest BCUT2D eigenvalue weighted by molar-refractivity contribution is 5.26. The van der Waals surface area contributed by atoms with Gasteiger partial charge in [0.2, 0.25) is 0 Å². The maximum Gasteiger partial charge on any atom is 0.0463 e. The van der Waals surface area contributed by atoms with E-state index in [0.29, 0.717) is 5.92 Å². The van der Waals surface area contributed by atoms with Crippen molar-refractivity contribution >= 4 is 0 Å². The molecule has 3 heteroatoms. The summed E-state index contributed by atoms with van der Waals surface area (Å²) in [5.41, 5.74) is 6.84. The normalized spacial score (nSPS) is 12.6. The molecule has 21 heavy (non-hydrogen) atoms. The summed E-state index contributed by atoms with van der Waals surface area (Å²) in [5.74, 6) is 6.42. The SMILES string of the molecule is CC(C)Cc1cccc(C(CCc2cccnc2)NN)c1. The Balaban J connectivity index is 2.03. The van der Waals surface area contributed by atoms with Gasteiger partial charge in [0.05, 0.1) is 0 Å². The van der Waals surface area contributed by atoms with Gasteiger partial charge >= 0.3 is 0 Å². The van der Waals surface area contributed by atoms with Gasteiger partial charge in [-0.1, -0.05) is 44.2 Å². The molecule has 1 aromatic heterocycles. The zero-order valence-corrected chi connectivity index (χ0v) is 12.9. The van der Waals surface area contributed by atoms with Gasteiger partial charge in [0.15, 0.2) is 0 Å². The first-order valence-electron chi connectivity index (χ1n) is 7.63. The first-order valence-corrected chi connectivity index (χ1v) is 7.63. The van der Waals surface area contributed by atoms with E-state index in [0.717, 1.165) is 19.3 Å². The minimum Gasteiger partial charge on any atom is -0.271 e. The first kappa shape index (κ1) is 15.7. The summed E-state index contributed by atoms with van der Waals surface area (Å²) < 4.78 is 0. The van der Waals surface area contributed by atoms with Crippen LogP contribution in [0.2, 0.25) is 0 Å². The molecule has 0 aliphatic rings. The number of aryl methyl sites for hydroxylation is 1. The molecule has 0 amide bonds. The number of hydrazine groups is 1. The highest BCUT2D eigenvalue weighted by Crippen LogP contribution is 2.20. The number of nitrogens with one attached hydrogen (secondary N) is 1. The van der Waals surface area contributed by atoms with Crippen molar-refractivity contribution in [2.24, 2.45) is 11.8 Å². The Labute approximate surface area is 127 Å². The fraction of sp³-hybridized carbons (Fsp3) is 0.389. The smallest absolute Gasteiger partial charge is 0.0463 e. The summed E-state index contributed by atoms with van der Waals surface area (Å²) in [6.07, 6.45) is 6.76. The van der Waals surface area contributed by atoms with Crippen LogP contribution >= 0.6 is 0 Å². The second-order valence-corrected chi connectivity index (χ2v) is 5.96. The van der Waals surface area contributed by atoms with E-state index in [-0.39, 0.29) is 6.04 Å². The molecule has 0 bridgehead atoms. The van der Waals surface area contributed by atoms with E-state index < -0.39 is 0 Å². The summed E-state index contributed by atoms with van der Waals surface area (Å²) in [4.78, 5) is 4.16. The maximum absolute atomic E-state index is 5.75. The van der Waals surface area contributed by atoms with Gasteiger partial charge in [0.25, 0.3) is 0 Å². The van der Waals surface area contributed by atoms with Gasteiger partial charge in [0.1, 0.15) is 0 Å². The molecule has 112 valence electrons. The molecular formula is C18H25N3. The average molecular weight is 283 g/mol. The number of hydrogen-bond donors (Lipinski definition) is 2. The molecule has 0 aliphatic carbocycles. The molecule has 1 atom stereocenters. The molecule has 0 aliphatic heterocycles. The van der Waals surface area contributed by atoms with Gasteiger partial charge in [-0.15, -0.1) is 0 Å². The van der Waals surface area contributed by atoms with Gasteiger partial charge in [-0.3, -0.25) is 16.3 Å². The van der Waals surface area contributed by atoms with E-state index in [4.69, 9.17) is 5.84 Å². The molecular weight excluding hydrogens is 258 g/mol. The van der Waals surface area contributed by atoms with Crippen LogP contribution in [0, 0.1) is 5.92 Å². The Hall–Kier alpha value is -1.71. The molecule has 3 N–H and O–H groups in total. The van der Waals surface area contributed by atoms with E-state index in [1.54, 1.807) is 6.20 Å². The standard InChI is InChI=1S/C18H25N3/c1-14(2)11-16-5-3-7-17(12-16)18(21-19)9-8-15-6-4-10-20-13-15/h3-7,10,12-14,18,21H,8-9,11,19H2,1-2H3. The van der Waals surface area contributed by atoms with Gasteiger partial charge in [-0.25, -0.2) is 0 Å². The van der Waals surface area contributed by atoms with E-state index >= 15 is 0 Å². The third-order valence-corrected chi connectivity index (χ3v) is 3.64. The van der Waals surface area contributed by atoms with Crippen LogP contribution in [0.5, 0.6) is 0 Å². The third-order valence-electron chi connectivity index (χ3n) is 3.64. The number of rotatable bonds is 7. The molecule has 0 saturated heterocycles. The highest BCUT2D eigenvalue weighted by Gasteiger charge is 2.10. The number of pyridine rings is 1. The molecule has 2 rings (SSSR count). The second kappa shape index (κ2) is 7.91. The minimum atomic E-state index is 0.178. The Bertz CT molecular complexity index is 537. The van der Waals surface area contributed by atoms with E-state index in [9.17, 15) is 0 Å². The van der Waals surface area contributed by atoms with Crippen LogP contribution in [0.15, 0.2) is 48.8 Å². The molecule has 2 aromatic rings. The summed E-state index contributed by atoms with van der Waals surface area (Å²) >= 11 is 0. The second-order valence-electron chi connectivity index (χ2n) is 5.96. The lowest BCUT2D eigenvalue weighted by atomic mass is 9.95. The Morgan fingerprint density at radius 2 is 1.95 bits per heavy atom. The van der Waals surface area contributed by atoms with Crippen LogP contribution in [0.4, 0.5) is 0 Å². The lowest BCUT2D eigenvalue weighted by Gasteiger charge is -2.17. The van der Waals surface area contributed by atoms with Crippen LogP contribution in [0.3, 0.4) is 0 Å². The van der Waals surface area contributed by atoms with E-state index in [2.05, 4.69) is 54.6 Å². The van der Waals surface area contributed by atoms with Crippen LogP contribution in [0.25, 0.3) is 0 Å². The first-order chi connectivity index (χ1) is 10.2. The lowest BCUT2D eigenvalue weighted by molar-refractivity contribution is 0.515. The molecule has 1 heterocycles. The average Bonchev–Trinajstić information content (AvgIpc) is 2.49. The zero-order chi connectivity index (χ0) is 15.1. The molecule has 1 unspecified atom stereocenters. The number of hydrogen-bond acceptors (Lipinski definition) is 3. The molecule has 0 saturated carbocycles. The number of benzene rings is 1. The third kappa shape index (κ3) is 4.96. The van der Waals surface area contributed by atoms with Crippen molar-refractivity contribution < 1.29 is 0 Å². The minimum absolute atomic E-state index is 0.178. The van der Waals surface area contributed by atoms with Crippen molar-refractivity contribution in [1.29, 1.82) is 0 Å². The summed E-state index contributed by atoms with van der Waals surface area (Å²) in [6.45, 7) is 4.49. The Kier molecular flexibility index (Phi) is 5.90. The van der Waals surface area contributed by atoms with E-state index in [1.807, 2.05) is 12.3 Å². The molecule has 0 radical (unpaired) electrons. The number of aromatic nitrogens is 1. The van der Waals surface area contributed by atoms with Crippen molar-refractivity contribution in [1.82, 2.24) is 10.4 Å². The fourth-order valence-electron chi connectivity index (χ4n) is 2.61. The van der Waals surface area contributed by atoms with Crippen LogP contribution in [0.1, 0.15) is 43.0 Å². The van der Waals surface area contributed by atoms with Crippen LogP contribution < -0.4 is 11.3 Å². The van der Waals surface area contributed by atoms with Crippen molar-refractivity contribution in [3.63, 3.8) is 0 Å². The molecule has 0 spiro atoms. The summed E-state index contributed by atoms with van der Waals surface area (Å²) in [5, 5.41) is 0. The molecule has 0 fully saturated rings. The highest BCUT2D eigenvalue weighted by atomic mass is 15.2. The number of nitrogens with two attached hydrogens (primary N) is 1. The van der Waals surface area contributed by atoms with Crippen molar-refractivity contribution in [2.45, 2.75) is 39.2 Å². The monoisotopic (exact) mass is 283 g/mol. The van der Waals surface area contributed by atoms with Gasteiger partial charge in [-0.05, 0) is 47.9 Å². The van der Waals surface area contributed by atoms with Gasteiger partial charge < -0.3 is 0 Å². The van der Waals surface area contributed by atoms with Gasteiger partial charge in [-0.2, -0.15) is 0 Å². The van der Waals surface area contributed by atoms with Gasteiger partial charge in [0, 0.05) is 18.4 Å². The van der Waals surface area contributed by atoms with Crippen LogP contribution in [-0.4, -0.2) is 4.98 Å². The predicted molar refractivity (Wildman–Crippen MR) is 87.6 cm³/mol. The molecule has 1 aromatic carbocycles. The topological polar surface area (TPSA) is 50.9 Å². The summed E-state index contributed by atoms with van der Waals surface area (Å²) in [7, 11) is 0.